The van der Waals surface area contributed by atoms with Crippen molar-refractivity contribution >= 4 is 34.5 Å². The van der Waals surface area contributed by atoms with Crippen molar-refractivity contribution in [2.45, 2.75) is 18.7 Å². The van der Waals surface area contributed by atoms with Crippen molar-refractivity contribution in [2.75, 3.05) is 11.9 Å². The van der Waals surface area contributed by atoms with Gasteiger partial charge in [0, 0.05) is 9.75 Å². The van der Waals surface area contributed by atoms with E-state index in [2.05, 4.69) is 24.4 Å². The van der Waals surface area contributed by atoms with E-state index in [1.54, 1.807) is 11.3 Å². The average molecular weight is 308 g/mol. The topological polar surface area (TPSA) is 38.3 Å². The summed E-state index contributed by atoms with van der Waals surface area (Å²) in [6.45, 7) is 2.20. The molecule has 0 saturated carbocycles. The Morgan fingerprint density at radius 2 is 2.25 bits per heavy atom. The lowest BCUT2D eigenvalue weighted by Crippen LogP contribution is -2.25. The molecule has 2 heterocycles. The van der Waals surface area contributed by atoms with Crippen LogP contribution in [0.3, 0.4) is 0 Å². The van der Waals surface area contributed by atoms with Crippen molar-refractivity contribution in [3.05, 3.63) is 45.6 Å². The molecule has 1 unspecified atom stereocenters. The smallest absolute Gasteiger partial charge is 0.262 e. The Labute approximate surface area is 126 Å². The minimum atomic E-state index is -0.204. The minimum Gasteiger partial charge on any atom is -0.482 e. The molecule has 1 aliphatic heterocycles. The molecule has 3 nitrogen and oxygen atoms in total. The monoisotopic (exact) mass is 307 g/mol. The van der Waals surface area contributed by atoms with E-state index in [9.17, 15) is 4.79 Å². The molecule has 2 aromatic rings. The maximum Gasteiger partial charge on any atom is 0.262 e. The Balaban J connectivity index is 1.90. The zero-order chi connectivity index (χ0) is 14.1. The molecule has 0 radical (unpaired) electrons. The van der Waals surface area contributed by atoms with Crippen LogP contribution in [0.5, 0.6) is 5.75 Å². The second-order valence-corrected chi connectivity index (χ2v) is 6.25. The first-order valence-corrected chi connectivity index (χ1v) is 7.72. The molecule has 20 heavy (non-hydrogen) atoms. The van der Waals surface area contributed by atoms with Crippen LogP contribution in [0.15, 0.2) is 30.3 Å². The lowest BCUT2D eigenvalue weighted by atomic mass is 10.1. The zero-order valence-corrected chi connectivity index (χ0v) is 12.6. The van der Waals surface area contributed by atoms with Crippen molar-refractivity contribution in [3.8, 4) is 5.75 Å². The lowest BCUT2D eigenvalue weighted by molar-refractivity contribution is -0.118. The molecule has 1 atom stereocenters. The molecular weight excluding hydrogens is 294 g/mol. The third-order valence-electron chi connectivity index (χ3n) is 3.21. The van der Waals surface area contributed by atoms with Gasteiger partial charge in [-0.15, -0.1) is 22.9 Å². The standard InChI is InChI=1S/C15H14ClNO2S/c1-2-10-4-6-13(20-10)15(16)9-3-5-12-11(7-9)17-14(18)8-19-12/h3-7,15H,2,8H2,1H3,(H,17,18). The summed E-state index contributed by atoms with van der Waals surface area (Å²) in [6, 6.07) is 9.86. The van der Waals surface area contributed by atoms with Crippen molar-refractivity contribution < 1.29 is 9.53 Å². The molecule has 1 amide bonds. The number of carbonyl (C=O) groups excluding carboxylic acids is 1. The summed E-state index contributed by atoms with van der Waals surface area (Å²) >= 11 is 8.26. The van der Waals surface area contributed by atoms with Gasteiger partial charge in [0.15, 0.2) is 6.61 Å². The van der Waals surface area contributed by atoms with Gasteiger partial charge in [-0.05, 0) is 36.2 Å². The highest BCUT2D eigenvalue weighted by atomic mass is 35.5. The maximum absolute atomic E-state index is 11.4. The van der Waals surface area contributed by atoms with E-state index in [0.717, 1.165) is 16.9 Å². The molecule has 104 valence electrons. The fourth-order valence-corrected chi connectivity index (χ4v) is 3.44. The van der Waals surface area contributed by atoms with Gasteiger partial charge in [0.2, 0.25) is 0 Å². The molecule has 1 N–H and O–H groups in total. The summed E-state index contributed by atoms with van der Waals surface area (Å²) in [5.41, 5.74) is 1.65. The van der Waals surface area contributed by atoms with E-state index in [-0.39, 0.29) is 17.9 Å². The number of benzene rings is 1. The van der Waals surface area contributed by atoms with E-state index in [0.29, 0.717) is 11.4 Å². The third-order valence-corrected chi connectivity index (χ3v) is 5.12. The van der Waals surface area contributed by atoms with E-state index < -0.39 is 0 Å². The number of hydrogen-bond acceptors (Lipinski definition) is 3. The molecule has 0 saturated heterocycles. The predicted octanol–water partition coefficient (Wildman–Crippen LogP) is 3.97. The largest absolute Gasteiger partial charge is 0.482 e. The highest BCUT2D eigenvalue weighted by molar-refractivity contribution is 7.12. The van der Waals surface area contributed by atoms with Gasteiger partial charge in [0.1, 0.15) is 5.75 Å². The first-order chi connectivity index (χ1) is 9.67. The molecule has 0 bridgehead atoms. The summed E-state index contributed by atoms with van der Waals surface area (Å²) in [6.07, 6.45) is 1.02. The maximum atomic E-state index is 11.4. The molecule has 0 aliphatic carbocycles. The third kappa shape index (κ3) is 2.53. The first-order valence-electron chi connectivity index (χ1n) is 6.46. The number of thiophene rings is 1. The zero-order valence-electron chi connectivity index (χ0n) is 11.0. The molecule has 1 aromatic heterocycles. The Bertz CT molecular complexity index is 653. The van der Waals surface area contributed by atoms with Crippen molar-refractivity contribution in [2.24, 2.45) is 0 Å². The quantitative estimate of drug-likeness (QED) is 0.871. The van der Waals surface area contributed by atoms with Gasteiger partial charge in [-0.2, -0.15) is 0 Å². The van der Waals surface area contributed by atoms with Gasteiger partial charge in [-0.3, -0.25) is 4.79 Å². The molecular formula is C15H14ClNO2S. The first kappa shape index (κ1) is 13.5. The van der Waals surface area contributed by atoms with Crippen LogP contribution in [0, 0.1) is 0 Å². The molecule has 0 fully saturated rings. The molecule has 5 heteroatoms. The molecule has 3 rings (SSSR count). The van der Waals surface area contributed by atoms with Gasteiger partial charge < -0.3 is 10.1 Å². The van der Waals surface area contributed by atoms with E-state index in [1.165, 1.54) is 4.88 Å². The number of carbonyl (C=O) groups is 1. The highest BCUT2D eigenvalue weighted by Crippen LogP contribution is 2.37. The van der Waals surface area contributed by atoms with Gasteiger partial charge in [-0.1, -0.05) is 13.0 Å². The SMILES string of the molecule is CCc1ccc(C(Cl)c2ccc3c(c2)NC(=O)CO3)s1. The van der Waals surface area contributed by atoms with Crippen LogP contribution in [0.2, 0.25) is 0 Å². The van der Waals surface area contributed by atoms with Crippen LogP contribution in [-0.4, -0.2) is 12.5 Å². The second-order valence-electron chi connectivity index (χ2n) is 4.61. The fraction of sp³-hybridized carbons (Fsp3) is 0.267. The van der Waals surface area contributed by atoms with E-state index in [4.69, 9.17) is 16.3 Å². The summed E-state index contributed by atoms with van der Waals surface area (Å²) in [5, 5.41) is 2.60. The number of hydrogen-bond donors (Lipinski definition) is 1. The second kappa shape index (κ2) is 5.46. The number of nitrogens with one attached hydrogen (secondary N) is 1. The fourth-order valence-electron chi connectivity index (χ4n) is 2.14. The predicted molar refractivity (Wildman–Crippen MR) is 82.0 cm³/mol. The Kier molecular flexibility index (Phi) is 3.68. The van der Waals surface area contributed by atoms with Crippen LogP contribution >= 0.6 is 22.9 Å². The molecule has 1 aliphatic rings. The molecule has 1 aromatic carbocycles. The van der Waals surface area contributed by atoms with Crippen LogP contribution < -0.4 is 10.1 Å². The number of fused-ring (bicyclic) bond motifs is 1. The normalized spacial score (nSPS) is 15.2. The molecule has 0 spiro atoms. The average Bonchev–Trinajstić information content (AvgIpc) is 2.94. The van der Waals surface area contributed by atoms with Crippen LogP contribution in [0.25, 0.3) is 0 Å². The number of amides is 1. The number of alkyl halides is 1. The highest BCUT2D eigenvalue weighted by Gasteiger charge is 2.19. The van der Waals surface area contributed by atoms with E-state index in [1.807, 2.05) is 18.2 Å². The van der Waals surface area contributed by atoms with Crippen LogP contribution in [-0.2, 0) is 11.2 Å². The van der Waals surface area contributed by atoms with Crippen LogP contribution in [0.1, 0.15) is 27.6 Å². The summed E-state index contributed by atoms with van der Waals surface area (Å²) in [5.74, 6) is 0.558. The summed E-state index contributed by atoms with van der Waals surface area (Å²) in [4.78, 5) is 13.8. The Morgan fingerprint density at radius 3 is 3.00 bits per heavy atom. The van der Waals surface area contributed by atoms with Crippen molar-refractivity contribution in [1.29, 1.82) is 0 Å². The Morgan fingerprint density at radius 1 is 1.40 bits per heavy atom. The Hall–Kier alpha value is -1.52. The van der Waals surface area contributed by atoms with Gasteiger partial charge >= 0.3 is 0 Å². The summed E-state index contributed by atoms with van der Waals surface area (Å²) in [7, 11) is 0. The minimum absolute atomic E-state index is 0.0709. The number of rotatable bonds is 3. The van der Waals surface area contributed by atoms with Crippen molar-refractivity contribution in [1.82, 2.24) is 0 Å². The van der Waals surface area contributed by atoms with Crippen LogP contribution in [0.4, 0.5) is 5.69 Å². The number of anilines is 1. The summed E-state index contributed by atoms with van der Waals surface area (Å²) < 4.78 is 5.35. The van der Waals surface area contributed by atoms with Gasteiger partial charge in [0.25, 0.3) is 5.91 Å². The van der Waals surface area contributed by atoms with E-state index >= 15 is 0 Å². The van der Waals surface area contributed by atoms with Crippen molar-refractivity contribution in [3.63, 3.8) is 0 Å². The number of ether oxygens (including phenoxy) is 1. The lowest BCUT2D eigenvalue weighted by Gasteiger charge is -2.19. The number of aryl methyl sites for hydroxylation is 1. The number of halogens is 1. The van der Waals surface area contributed by atoms with Gasteiger partial charge in [0.05, 0.1) is 11.1 Å². The van der Waals surface area contributed by atoms with Gasteiger partial charge in [-0.25, -0.2) is 0 Å².